The van der Waals surface area contributed by atoms with Crippen LogP contribution in [0.3, 0.4) is 0 Å². The highest BCUT2D eigenvalue weighted by atomic mass is 127. The van der Waals surface area contributed by atoms with Crippen molar-refractivity contribution in [2.24, 2.45) is 4.99 Å². The first kappa shape index (κ1) is 20.6. The van der Waals surface area contributed by atoms with Crippen molar-refractivity contribution in [1.29, 1.82) is 0 Å². The van der Waals surface area contributed by atoms with Crippen LogP contribution < -0.4 is 24.8 Å². The van der Waals surface area contributed by atoms with Gasteiger partial charge in [0.25, 0.3) is 0 Å². The number of nitrogens with one attached hydrogen (secondary N) is 2. The predicted molar refractivity (Wildman–Crippen MR) is 104 cm³/mol. The predicted octanol–water partition coefficient (Wildman–Crippen LogP) is 2.00. The number of aliphatic imine (C=N–C) groups is 1. The van der Waals surface area contributed by atoms with Crippen LogP contribution >= 0.6 is 24.0 Å². The average molecular weight is 451 g/mol. The molecule has 0 bridgehead atoms. The van der Waals surface area contributed by atoms with Crippen molar-refractivity contribution < 1.29 is 18.9 Å². The molecule has 0 unspecified atom stereocenters. The van der Waals surface area contributed by atoms with E-state index in [2.05, 4.69) is 15.6 Å². The van der Waals surface area contributed by atoms with Crippen LogP contribution in [-0.4, -0.2) is 52.7 Å². The fraction of sp³-hybridized carbons (Fsp3) is 0.562. The van der Waals surface area contributed by atoms with E-state index in [0.717, 1.165) is 49.4 Å². The highest BCUT2D eigenvalue weighted by Crippen LogP contribution is 2.34. The van der Waals surface area contributed by atoms with Gasteiger partial charge >= 0.3 is 0 Å². The summed E-state index contributed by atoms with van der Waals surface area (Å²) >= 11 is 0. The van der Waals surface area contributed by atoms with E-state index in [1.54, 1.807) is 7.05 Å². The molecule has 1 heterocycles. The molecule has 1 aliphatic heterocycles. The lowest BCUT2D eigenvalue weighted by atomic mass is 10.3. The van der Waals surface area contributed by atoms with Crippen LogP contribution in [-0.2, 0) is 4.74 Å². The Labute approximate surface area is 160 Å². The number of benzene rings is 1. The average Bonchev–Trinajstić information content (AvgIpc) is 3.04. The molecule has 0 aromatic heterocycles. The molecule has 7 nitrogen and oxygen atoms in total. The van der Waals surface area contributed by atoms with Crippen LogP contribution in [0.25, 0.3) is 0 Å². The summed E-state index contributed by atoms with van der Waals surface area (Å²) in [5, 5.41) is 6.43. The third kappa shape index (κ3) is 7.00. The number of guanidine groups is 1. The summed E-state index contributed by atoms with van der Waals surface area (Å²) in [6.07, 6.45) is 0.947. The number of hydrogen-bond acceptors (Lipinski definition) is 5. The smallest absolute Gasteiger partial charge is 0.231 e. The maximum atomic E-state index is 5.68. The fourth-order valence-electron chi connectivity index (χ4n) is 2.05. The molecule has 1 aromatic carbocycles. The number of ether oxygens (including phenoxy) is 4. The van der Waals surface area contributed by atoms with E-state index < -0.39 is 0 Å². The highest BCUT2D eigenvalue weighted by Gasteiger charge is 2.13. The van der Waals surface area contributed by atoms with Crippen molar-refractivity contribution in [2.45, 2.75) is 13.3 Å². The molecular weight excluding hydrogens is 425 g/mol. The topological polar surface area (TPSA) is 73.3 Å². The molecule has 2 N–H and O–H groups in total. The maximum Gasteiger partial charge on any atom is 0.231 e. The van der Waals surface area contributed by atoms with Crippen LogP contribution in [0.2, 0.25) is 0 Å². The van der Waals surface area contributed by atoms with Gasteiger partial charge in [-0.15, -0.1) is 24.0 Å². The molecule has 1 aliphatic rings. The standard InChI is InChI=1S/C16H25N3O4.HI/c1-3-20-9-4-7-18-16(17-2)19-8-10-21-13-5-6-14-15(11-13)23-12-22-14;/h5-6,11H,3-4,7-10,12H2,1-2H3,(H2,17,18,19);1H. The molecule has 0 aliphatic carbocycles. The van der Waals surface area contributed by atoms with Crippen LogP contribution in [0.1, 0.15) is 13.3 Å². The zero-order chi connectivity index (χ0) is 16.3. The summed E-state index contributed by atoms with van der Waals surface area (Å²) in [6, 6.07) is 5.56. The minimum absolute atomic E-state index is 0. The van der Waals surface area contributed by atoms with E-state index in [9.17, 15) is 0 Å². The summed E-state index contributed by atoms with van der Waals surface area (Å²) in [6.45, 7) is 5.78. The van der Waals surface area contributed by atoms with E-state index in [1.165, 1.54) is 0 Å². The van der Waals surface area contributed by atoms with Gasteiger partial charge in [0, 0.05) is 32.9 Å². The first-order chi connectivity index (χ1) is 11.3. The summed E-state index contributed by atoms with van der Waals surface area (Å²) in [4.78, 5) is 4.16. The number of hydrogen-bond donors (Lipinski definition) is 2. The summed E-state index contributed by atoms with van der Waals surface area (Å²) in [5.41, 5.74) is 0. The Hall–Kier alpha value is -1.42. The van der Waals surface area contributed by atoms with Gasteiger partial charge in [0.1, 0.15) is 12.4 Å². The molecule has 136 valence electrons. The first-order valence-electron chi connectivity index (χ1n) is 7.88. The van der Waals surface area contributed by atoms with Gasteiger partial charge in [-0.25, -0.2) is 0 Å². The number of halogens is 1. The van der Waals surface area contributed by atoms with Crippen molar-refractivity contribution in [3.8, 4) is 17.2 Å². The maximum absolute atomic E-state index is 5.68. The lowest BCUT2D eigenvalue weighted by Gasteiger charge is -2.12. The summed E-state index contributed by atoms with van der Waals surface area (Å²) in [7, 11) is 1.75. The van der Waals surface area contributed by atoms with Crippen molar-refractivity contribution >= 4 is 29.9 Å². The van der Waals surface area contributed by atoms with E-state index in [4.69, 9.17) is 18.9 Å². The van der Waals surface area contributed by atoms with Gasteiger partial charge in [-0.05, 0) is 25.5 Å². The minimum Gasteiger partial charge on any atom is -0.492 e. The minimum atomic E-state index is 0. The van der Waals surface area contributed by atoms with E-state index in [0.29, 0.717) is 13.2 Å². The van der Waals surface area contributed by atoms with Gasteiger partial charge in [-0.2, -0.15) is 0 Å². The summed E-state index contributed by atoms with van der Waals surface area (Å²) in [5.74, 6) is 3.00. The van der Waals surface area contributed by atoms with Crippen molar-refractivity contribution in [3.63, 3.8) is 0 Å². The number of nitrogens with zero attached hydrogens (tertiary/aromatic N) is 1. The Morgan fingerprint density at radius 3 is 2.75 bits per heavy atom. The molecular formula is C16H26IN3O4. The second-order valence-corrected chi connectivity index (χ2v) is 4.84. The Kier molecular flexibility index (Phi) is 10.3. The molecule has 0 saturated heterocycles. The Morgan fingerprint density at radius 2 is 1.96 bits per heavy atom. The third-order valence-electron chi connectivity index (χ3n) is 3.19. The van der Waals surface area contributed by atoms with Crippen molar-refractivity contribution in [3.05, 3.63) is 18.2 Å². The first-order valence-corrected chi connectivity index (χ1v) is 7.88. The molecule has 2 rings (SSSR count). The highest BCUT2D eigenvalue weighted by molar-refractivity contribution is 14.0. The van der Waals surface area contributed by atoms with Gasteiger partial charge in [0.15, 0.2) is 17.5 Å². The molecule has 0 radical (unpaired) electrons. The van der Waals surface area contributed by atoms with Gasteiger partial charge in [-0.3, -0.25) is 4.99 Å². The molecule has 1 aromatic rings. The van der Waals surface area contributed by atoms with E-state index in [1.807, 2.05) is 25.1 Å². The molecule has 0 amide bonds. The van der Waals surface area contributed by atoms with Crippen LogP contribution in [0.5, 0.6) is 17.2 Å². The fourth-order valence-corrected chi connectivity index (χ4v) is 2.05. The van der Waals surface area contributed by atoms with E-state index >= 15 is 0 Å². The van der Waals surface area contributed by atoms with Gasteiger partial charge in [0.05, 0.1) is 6.54 Å². The molecule has 0 spiro atoms. The third-order valence-corrected chi connectivity index (χ3v) is 3.19. The Balaban J connectivity index is 0.00000288. The van der Waals surface area contributed by atoms with Crippen LogP contribution in [0, 0.1) is 0 Å². The van der Waals surface area contributed by atoms with Crippen molar-refractivity contribution in [1.82, 2.24) is 10.6 Å². The number of fused-ring (bicyclic) bond motifs is 1. The molecule has 8 heteroatoms. The molecule has 24 heavy (non-hydrogen) atoms. The zero-order valence-corrected chi connectivity index (χ0v) is 16.5. The Bertz CT molecular complexity index is 514. The second kappa shape index (κ2) is 12.0. The normalized spacial score (nSPS) is 12.5. The zero-order valence-electron chi connectivity index (χ0n) is 14.2. The molecule has 0 fully saturated rings. The van der Waals surface area contributed by atoms with Gasteiger partial charge in [0.2, 0.25) is 6.79 Å². The molecule has 0 saturated carbocycles. The van der Waals surface area contributed by atoms with Crippen LogP contribution in [0.15, 0.2) is 23.2 Å². The monoisotopic (exact) mass is 451 g/mol. The number of rotatable bonds is 9. The van der Waals surface area contributed by atoms with Gasteiger partial charge < -0.3 is 29.6 Å². The Morgan fingerprint density at radius 1 is 1.17 bits per heavy atom. The largest absolute Gasteiger partial charge is 0.492 e. The SMILES string of the molecule is CCOCCCNC(=NC)NCCOc1ccc2c(c1)OCO2.I. The summed E-state index contributed by atoms with van der Waals surface area (Å²) < 4.78 is 21.6. The lowest BCUT2D eigenvalue weighted by Crippen LogP contribution is -2.39. The quantitative estimate of drug-likeness (QED) is 0.259. The lowest BCUT2D eigenvalue weighted by molar-refractivity contribution is 0.145. The van der Waals surface area contributed by atoms with Gasteiger partial charge in [-0.1, -0.05) is 0 Å². The van der Waals surface area contributed by atoms with Crippen LogP contribution in [0.4, 0.5) is 0 Å². The second-order valence-electron chi connectivity index (χ2n) is 4.84. The van der Waals surface area contributed by atoms with E-state index in [-0.39, 0.29) is 30.8 Å². The van der Waals surface area contributed by atoms with Crippen molar-refractivity contribution in [2.75, 3.05) is 46.8 Å². The molecule has 0 atom stereocenters.